The van der Waals surface area contributed by atoms with E-state index in [9.17, 15) is 4.79 Å². The molecular weight excluding hydrogens is 374 g/mol. The van der Waals surface area contributed by atoms with E-state index >= 15 is 0 Å². The van der Waals surface area contributed by atoms with E-state index in [2.05, 4.69) is 50.7 Å². The molecule has 3 aromatic heterocycles. The normalized spacial score (nSPS) is 13.7. The minimum atomic E-state index is -0.101. The van der Waals surface area contributed by atoms with Crippen molar-refractivity contribution in [1.29, 1.82) is 0 Å². The summed E-state index contributed by atoms with van der Waals surface area (Å²) >= 11 is 0. The molecule has 1 saturated heterocycles. The first-order chi connectivity index (χ1) is 14.4. The summed E-state index contributed by atoms with van der Waals surface area (Å²) in [5.41, 5.74) is 6.65. The summed E-state index contributed by atoms with van der Waals surface area (Å²) in [5, 5.41) is 6.10. The number of nitrogens with zero attached hydrogens (tertiary/aromatic N) is 5. The van der Waals surface area contributed by atoms with Crippen molar-refractivity contribution < 1.29 is 0 Å². The number of fused-ring (bicyclic) bond motifs is 1. The monoisotopic (exact) mass is 399 g/mol. The van der Waals surface area contributed by atoms with Gasteiger partial charge in [0.2, 0.25) is 0 Å². The summed E-state index contributed by atoms with van der Waals surface area (Å²) in [4.78, 5) is 20.2. The largest absolute Gasteiger partial charge is 0.371 e. The lowest BCUT2D eigenvalue weighted by molar-refractivity contribution is 0.617. The van der Waals surface area contributed by atoms with Crippen LogP contribution in [0.3, 0.4) is 0 Å². The van der Waals surface area contributed by atoms with Crippen LogP contribution in [0.25, 0.3) is 22.1 Å². The number of anilines is 1. The molecule has 1 aromatic carbocycles. The maximum absolute atomic E-state index is 13.5. The fourth-order valence-electron chi connectivity index (χ4n) is 4.47. The molecular formula is C24H25N5O. The van der Waals surface area contributed by atoms with Crippen LogP contribution in [0.5, 0.6) is 0 Å². The zero-order valence-electron chi connectivity index (χ0n) is 17.8. The zero-order chi connectivity index (χ0) is 21.0. The van der Waals surface area contributed by atoms with E-state index in [0.717, 1.165) is 52.6 Å². The van der Waals surface area contributed by atoms with Crippen molar-refractivity contribution in [2.45, 2.75) is 34.1 Å². The van der Waals surface area contributed by atoms with Crippen molar-refractivity contribution in [2.24, 2.45) is 0 Å². The maximum Gasteiger partial charge on any atom is 0.281 e. The Morgan fingerprint density at radius 3 is 2.23 bits per heavy atom. The summed E-state index contributed by atoms with van der Waals surface area (Å²) < 4.78 is 3.65. The molecule has 6 heteroatoms. The molecule has 30 heavy (non-hydrogen) atoms. The second-order valence-electron chi connectivity index (χ2n) is 8.12. The number of hydrogen-bond donors (Lipinski definition) is 0. The van der Waals surface area contributed by atoms with Crippen molar-refractivity contribution in [2.75, 3.05) is 18.0 Å². The van der Waals surface area contributed by atoms with E-state index < -0.39 is 0 Å². The summed E-state index contributed by atoms with van der Waals surface area (Å²) in [5.74, 6) is 0. The van der Waals surface area contributed by atoms with Gasteiger partial charge in [-0.1, -0.05) is 6.07 Å². The van der Waals surface area contributed by atoms with Crippen LogP contribution in [0, 0.1) is 27.7 Å². The van der Waals surface area contributed by atoms with Crippen LogP contribution >= 0.6 is 0 Å². The highest BCUT2D eigenvalue weighted by molar-refractivity contribution is 5.88. The fraction of sp³-hybridized carbons (Fsp3) is 0.292. The topological polar surface area (TPSA) is 56.0 Å². The van der Waals surface area contributed by atoms with Crippen molar-refractivity contribution >= 4 is 16.5 Å². The van der Waals surface area contributed by atoms with E-state index in [-0.39, 0.29) is 5.56 Å². The molecule has 0 saturated carbocycles. The number of aryl methyl sites for hydroxylation is 4. The third kappa shape index (κ3) is 2.83. The lowest BCUT2D eigenvalue weighted by Gasteiger charge is -2.33. The van der Waals surface area contributed by atoms with Crippen LogP contribution in [-0.4, -0.2) is 32.4 Å². The molecule has 0 unspecified atom stereocenters. The zero-order valence-corrected chi connectivity index (χ0v) is 17.8. The molecule has 1 fully saturated rings. The Bertz CT molecular complexity index is 1320. The number of benzene rings is 1. The minimum absolute atomic E-state index is 0.101. The maximum atomic E-state index is 13.5. The number of pyridine rings is 1. The van der Waals surface area contributed by atoms with Gasteiger partial charge in [-0.2, -0.15) is 9.78 Å². The number of aromatic nitrogens is 4. The van der Waals surface area contributed by atoms with Crippen molar-refractivity contribution in [3.8, 4) is 11.4 Å². The Morgan fingerprint density at radius 1 is 0.867 bits per heavy atom. The summed E-state index contributed by atoms with van der Waals surface area (Å²) in [6, 6.07) is 12.3. The van der Waals surface area contributed by atoms with E-state index in [4.69, 9.17) is 0 Å². The summed E-state index contributed by atoms with van der Waals surface area (Å²) in [6.45, 7) is 10.1. The van der Waals surface area contributed by atoms with Crippen LogP contribution in [0.2, 0.25) is 0 Å². The van der Waals surface area contributed by atoms with Crippen LogP contribution in [0.15, 0.2) is 47.4 Å². The Balaban J connectivity index is 1.71. The highest BCUT2D eigenvalue weighted by Gasteiger charge is 2.20. The molecule has 0 aliphatic carbocycles. The predicted molar refractivity (Wildman–Crippen MR) is 120 cm³/mol. The van der Waals surface area contributed by atoms with E-state index in [0.29, 0.717) is 5.39 Å². The van der Waals surface area contributed by atoms with Crippen molar-refractivity contribution in [3.05, 3.63) is 75.7 Å². The van der Waals surface area contributed by atoms with Gasteiger partial charge < -0.3 is 9.47 Å². The molecule has 6 nitrogen and oxygen atoms in total. The van der Waals surface area contributed by atoms with Gasteiger partial charge in [-0.25, -0.2) is 0 Å². The average molecular weight is 399 g/mol. The van der Waals surface area contributed by atoms with Gasteiger partial charge in [-0.3, -0.25) is 9.78 Å². The Labute approximate surface area is 175 Å². The number of hydrogen-bond acceptors (Lipinski definition) is 4. The Kier molecular flexibility index (Phi) is 4.24. The lowest BCUT2D eigenvalue weighted by atomic mass is 10.1. The fourth-order valence-corrected chi connectivity index (χ4v) is 4.47. The van der Waals surface area contributed by atoms with Gasteiger partial charge in [0.15, 0.2) is 0 Å². The first kappa shape index (κ1) is 18.6. The molecule has 1 aliphatic heterocycles. The van der Waals surface area contributed by atoms with Gasteiger partial charge in [-0.05, 0) is 64.4 Å². The Morgan fingerprint density at radius 2 is 1.57 bits per heavy atom. The van der Waals surface area contributed by atoms with Gasteiger partial charge in [0.1, 0.15) is 0 Å². The molecule has 0 atom stereocenters. The first-order valence-corrected chi connectivity index (χ1v) is 10.3. The van der Waals surface area contributed by atoms with Crippen LogP contribution in [0.4, 0.5) is 5.69 Å². The van der Waals surface area contributed by atoms with Crippen LogP contribution < -0.4 is 10.5 Å². The van der Waals surface area contributed by atoms with E-state index in [1.165, 1.54) is 16.8 Å². The smallest absolute Gasteiger partial charge is 0.281 e. The average Bonchev–Trinajstić information content (AvgIpc) is 2.91. The molecule has 5 rings (SSSR count). The highest BCUT2D eigenvalue weighted by atomic mass is 16.1. The van der Waals surface area contributed by atoms with Crippen molar-refractivity contribution in [3.63, 3.8) is 0 Å². The highest BCUT2D eigenvalue weighted by Crippen LogP contribution is 2.29. The molecule has 0 spiro atoms. The lowest BCUT2D eigenvalue weighted by Crippen LogP contribution is -2.36. The first-order valence-electron chi connectivity index (χ1n) is 10.3. The van der Waals surface area contributed by atoms with E-state index in [1.54, 1.807) is 6.20 Å². The second kappa shape index (κ2) is 6.83. The van der Waals surface area contributed by atoms with Crippen molar-refractivity contribution in [1.82, 2.24) is 19.3 Å². The Hall–Kier alpha value is -3.41. The molecule has 152 valence electrons. The molecule has 0 radical (unpaired) electrons. The van der Waals surface area contributed by atoms with Gasteiger partial charge in [-0.15, -0.1) is 0 Å². The van der Waals surface area contributed by atoms with Gasteiger partial charge in [0, 0.05) is 52.6 Å². The molecule has 4 heterocycles. The molecule has 1 aliphatic rings. The molecule has 4 aromatic rings. The van der Waals surface area contributed by atoms with Crippen LogP contribution in [-0.2, 0) is 0 Å². The predicted octanol–water partition coefficient (Wildman–Crippen LogP) is 4.02. The quantitative estimate of drug-likeness (QED) is 0.522. The molecule has 0 bridgehead atoms. The summed E-state index contributed by atoms with van der Waals surface area (Å²) in [7, 11) is 0. The van der Waals surface area contributed by atoms with Gasteiger partial charge >= 0.3 is 0 Å². The summed E-state index contributed by atoms with van der Waals surface area (Å²) in [6.07, 6.45) is 3.05. The third-order valence-corrected chi connectivity index (χ3v) is 6.02. The van der Waals surface area contributed by atoms with E-state index in [1.807, 2.05) is 32.9 Å². The number of rotatable bonds is 3. The standard InChI is InChI=1S/C24H25N5O/c1-15-11-21(12-16(2)26-15)29-24(30)23-18(4)28(17(3)22(23)14-25-29)20-8-5-7-19(13-20)27-9-6-10-27/h5,7-8,11-14H,6,9-10H2,1-4H3. The third-order valence-electron chi connectivity index (χ3n) is 6.02. The molecule has 0 N–H and O–H groups in total. The second-order valence-corrected chi connectivity index (χ2v) is 8.12. The minimum Gasteiger partial charge on any atom is -0.371 e. The van der Waals surface area contributed by atoms with Crippen LogP contribution in [0.1, 0.15) is 29.2 Å². The van der Waals surface area contributed by atoms with Gasteiger partial charge in [0.25, 0.3) is 5.56 Å². The van der Waals surface area contributed by atoms with Gasteiger partial charge in [0.05, 0.1) is 17.3 Å². The SMILES string of the molecule is Cc1cc(-n2ncc3c(C)n(-c4cccc(N5CCC5)c4)c(C)c3c2=O)cc(C)n1. The molecule has 0 amide bonds.